The zero-order valence-electron chi connectivity index (χ0n) is 12.8. The molecule has 0 spiro atoms. The molecule has 0 saturated carbocycles. The topological polar surface area (TPSA) is 75.9 Å². The summed E-state index contributed by atoms with van der Waals surface area (Å²) in [5.74, 6) is -0.303. The number of benzene rings is 1. The standard InChI is InChI=1S/C16H16FN5O/c1-10-3-11(2)5-13(4-10)20-16-18-7-14(17)15(21-16)22-8-12(9-23)6-19-22/h3-8,23H,9H2,1-2H3,(H,18,20,21). The lowest BCUT2D eigenvalue weighted by molar-refractivity contribution is 0.282. The van der Waals surface area contributed by atoms with Crippen LogP contribution in [0.1, 0.15) is 16.7 Å². The number of nitrogens with one attached hydrogen (secondary N) is 1. The molecule has 2 heterocycles. The fourth-order valence-corrected chi connectivity index (χ4v) is 2.31. The van der Waals surface area contributed by atoms with Gasteiger partial charge in [0, 0.05) is 17.4 Å². The third-order valence-corrected chi connectivity index (χ3v) is 3.24. The molecule has 0 aliphatic carbocycles. The normalized spacial score (nSPS) is 10.8. The molecule has 0 saturated heterocycles. The minimum atomic E-state index is -0.594. The number of aliphatic hydroxyl groups is 1. The SMILES string of the molecule is Cc1cc(C)cc(Nc2ncc(F)c(-n3cc(CO)cn3)n2)c1. The van der Waals surface area contributed by atoms with Gasteiger partial charge in [0.25, 0.3) is 0 Å². The van der Waals surface area contributed by atoms with Crippen LogP contribution in [-0.4, -0.2) is 24.9 Å². The first kappa shape index (κ1) is 15.1. The maximum Gasteiger partial charge on any atom is 0.229 e. The summed E-state index contributed by atoms with van der Waals surface area (Å²) in [6.45, 7) is 3.82. The van der Waals surface area contributed by atoms with E-state index in [0.717, 1.165) is 23.0 Å². The number of aliphatic hydroxyl groups excluding tert-OH is 1. The number of nitrogens with zero attached hydrogens (tertiary/aromatic N) is 4. The van der Waals surface area contributed by atoms with Gasteiger partial charge in [0.2, 0.25) is 5.95 Å². The highest BCUT2D eigenvalue weighted by molar-refractivity contribution is 5.56. The second-order valence-electron chi connectivity index (χ2n) is 5.32. The lowest BCUT2D eigenvalue weighted by atomic mass is 10.1. The molecule has 2 N–H and O–H groups in total. The van der Waals surface area contributed by atoms with Crippen LogP contribution in [0.25, 0.3) is 5.82 Å². The Kier molecular flexibility index (Phi) is 4.03. The highest BCUT2D eigenvalue weighted by Gasteiger charge is 2.11. The van der Waals surface area contributed by atoms with Crippen molar-refractivity contribution in [2.45, 2.75) is 20.5 Å². The lowest BCUT2D eigenvalue weighted by Gasteiger charge is -2.09. The minimum Gasteiger partial charge on any atom is -0.392 e. The van der Waals surface area contributed by atoms with Crippen LogP contribution in [-0.2, 0) is 6.61 Å². The zero-order valence-corrected chi connectivity index (χ0v) is 12.8. The largest absolute Gasteiger partial charge is 0.392 e. The smallest absolute Gasteiger partial charge is 0.229 e. The Morgan fingerprint density at radius 2 is 1.91 bits per heavy atom. The molecular formula is C16H16FN5O. The van der Waals surface area contributed by atoms with Gasteiger partial charge in [-0.05, 0) is 37.1 Å². The Bertz CT molecular complexity index is 826. The van der Waals surface area contributed by atoms with Crippen LogP contribution in [0.3, 0.4) is 0 Å². The summed E-state index contributed by atoms with van der Waals surface area (Å²) in [4.78, 5) is 8.12. The number of halogens is 1. The van der Waals surface area contributed by atoms with Crippen LogP contribution in [0.15, 0.2) is 36.8 Å². The zero-order chi connectivity index (χ0) is 16.4. The Balaban J connectivity index is 1.93. The van der Waals surface area contributed by atoms with Crippen molar-refractivity contribution in [3.05, 3.63) is 59.3 Å². The molecule has 23 heavy (non-hydrogen) atoms. The number of hydrogen-bond donors (Lipinski definition) is 2. The molecule has 0 radical (unpaired) electrons. The number of rotatable bonds is 4. The van der Waals surface area contributed by atoms with E-state index in [1.807, 2.05) is 26.0 Å². The quantitative estimate of drug-likeness (QED) is 0.774. The maximum absolute atomic E-state index is 14.0. The molecular weight excluding hydrogens is 297 g/mol. The van der Waals surface area contributed by atoms with E-state index >= 15 is 0 Å². The van der Waals surface area contributed by atoms with Crippen molar-refractivity contribution in [2.24, 2.45) is 0 Å². The molecule has 0 atom stereocenters. The predicted molar refractivity (Wildman–Crippen MR) is 84.2 cm³/mol. The molecule has 1 aromatic carbocycles. The molecule has 7 heteroatoms. The summed E-state index contributed by atoms with van der Waals surface area (Å²) in [7, 11) is 0. The van der Waals surface area contributed by atoms with Gasteiger partial charge in [-0.3, -0.25) is 0 Å². The van der Waals surface area contributed by atoms with Crippen molar-refractivity contribution in [1.29, 1.82) is 0 Å². The van der Waals surface area contributed by atoms with E-state index in [2.05, 4.69) is 26.4 Å². The van der Waals surface area contributed by atoms with Crippen LogP contribution < -0.4 is 5.32 Å². The van der Waals surface area contributed by atoms with Gasteiger partial charge in [0.15, 0.2) is 11.6 Å². The Morgan fingerprint density at radius 3 is 2.57 bits per heavy atom. The van der Waals surface area contributed by atoms with Gasteiger partial charge >= 0.3 is 0 Å². The number of anilines is 2. The first-order valence-corrected chi connectivity index (χ1v) is 7.08. The second kappa shape index (κ2) is 6.13. The average Bonchev–Trinajstić information content (AvgIpc) is 2.97. The molecule has 3 aromatic rings. The van der Waals surface area contributed by atoms with Crippen LogP contribution in [0.2, 0.25) is 0 Å². The molecule has 3 rings (SSSR count). The van der Waals surface area contributed by atoms with Crippen LogP contribution in [0.5, 0.6) is 0 Å². The van der Waals surface area contributed by atoms with Crippen molar-refractivity contribution < 1.29 is 9.50 Å². The number of hydrogen-bond acceptors (Lipinski definition) is 5. The fourth-order valence-electron chi connectivity index (χ4n) is 2.31. The molecule has 0 amide bonds. The first-order chi connectivity index (χ1) is 11.0. The van der Waals surface area contributed by atoms with Crippen molar-refractivity contribution in [1.82, 2.24) is 19.7 Å². The van der Waals surface area contributed by atoms with E-state index in [9.17, 15) is 4.39 Å². The van der Waals surface area contributed by atoms with Crippen LogP contribution >= 0.6 is 0 Å². The second-order valence-corrected chi connectivity index (χ2v) is 5.32. The molecule has 2 aromatic heterocycles. The van der Waals surface area contributed by atoms with Gasteiger partial charge in [0.05, 0.1) is 19.0 Å². The van der Waals surface area contributed by atoms with Gasteiger partial charge in [0.1, 0.15) is 0 Å². The Morgan fingerprint density at radius 1 is 1.17 bits per heavy atom. The first-order valence-electron chi connectivity index (χ1n) is 7.08. The molecule has 118 valence electrons. The van der Waals surface area contributed by atoms with E-state index in [-0.39, 0.29) is 18.4 Å². The molecule has 0 aliphatic rings. The third kappa shape index (κ3) is 3.35. The van der Waals surface area contributed by atoms with Crippen LogP contribution in [0, 0.1) is 19.7 Å². The molecule has 0 bridgehead atoms. The van der Waals surface area contributed by atoms with E-state index in [4.69, 9.17) is 5.11 Å². The van der Waals surface area contributed by atoms with E-state index in [1.165, 1.54) is 17.1 Å². The predicted octanol–water partition coefficient (Wildman–Crippen LogP) is 2.65. The highest BCUT2D eigenvalue weighted by atomic mass is 19.1. The van der Waals surface area contributed by atoms with Crippen molar-refractivity contribution >= 4 is 11.6 Å². The van der Waals surface area contributed by atoms with Crippen molar-refractivity contribution in [3.8, 4) is 5.82 Å². The molecule has 6 nitrogen and oxygen atoms in total. The average molecular weight is 313 g/mol. The Hall–Kier alpha value is -2.80. The minimum absolute atomic E-state index is 0.0200. The van der Waals surface area contributed by atoms with Crippen molar-refractivity contribution in [3.63, 3.8) is 0 Å². The summed E-state index contributed by atoms with van der Waals surface area (Å²) >= 11 is 0. The molecule has 0 fully saturated rings. The van der Waals surface area contributed by atoms with Gasteiger partial charge in [-0.1, -0.05) is 6.07 Å². The summed E-state index contributed by atoms with van der Waals surface area (Å²) in [6, 6.07) is 5.97. The summed E-state index contributed by atoms with van der Waals surface area (Å²) < 4.78 is 15.2. The van der Waals surface area contributed by atoms with Gasteiger partial charge in [-0.25, -0.2) is 14.1 Å². The highest BCUT2D eigenvalue weighted by Crippen LogP contribution is 2.19. The monoisotopic (exact) mass is 313 g/mol. The third-order valence-electron chi connectivity index (χ3n) is 3.24. The summed E-state index contributed by atoms with van der Waals surface area (Å²) in [5.41, 5.74) is 3.62. The van der Waals surface area contributed by atoms with Gasteiger partial charge in [-0.2, -0.15) is 10.1 Å². The molecule has 0 unspecified atom stereocenters. The van der Waals surface area contributed by atoms with E-state index in [1.54, 1.807) is 0 Å². The number of aryl methyl sites for hydroxylation is 2. The van der Waals surface area contributed by atoms with Crippen LogP contribution in [0.4, 0.5) is 16.0 Å². The van der Waals surface area contributed by atoms with Crippen molar-refractivity contribution in [2.75, 3.05) is 5.32 Å². The fraction of sp³-hybridized carbons (Fsp3) is 0.188. The number of aromatic nitrogens is 4. The van der Waals surface area contributed by atoms with E-state index < -0.39 is 5.82 Å². The maximum atomic E-state index is 14.0. The summed E-state index contributed by atoms with van der Waals surface area (Å²) in [6.07, 6.45) is 4.07. The van der Waals surface area contributed by atoms with Gasteiger partial charge < -0.3 is 10.4 Å². The molecule has 0 aliphatic heterocycles. The lowest BCUT2D eigenvalue weighted by Crippen LogP contribution is -2.06. The van der Waals surface area contributed by atoms with E-state index in [0.29, 0.717) is 5.56 Å². The summed E-state index contributed by atoms with van der Waals surface area (Å²) in [5, 5.41) is 16.1. The van der Waals surface area contributed by atoms with Gasteiger partial charge in [-0.15, -0.1) is 0 Å². The Labute approximate surface area is 132 Å².